The number of hydrogen-bond donors (Lipinski definition) is 2. The molecule has 0 bridgehead atoms. The number of nitrogens with one attached hydrogen (secondary N) is 1. The van der Waals surface area contributed by atoms with Crippen LogP contribution in [-0.4, -0.2) is 29.8 Å². The first-order valence-electron chi connectivity index (χ1n) is 6.18. The molecular formula is C14H18N2O2. The van der Waals surface area contributed by atoms with Crippen LogP contribution < -0.4 is 10.1 Å². The first-order chi connectivity index (χ1) is 8.85. The average molecular weight is 246 g/mol. The summed E-state index contributed by atoms with van der Waals surface area (Å²) >= 11 is 0. The van der Waals surface area contributed by atoms with E-state index in [9.17, 15) is 0 Å². The lowest BCUT2D eigenvalue weighted by Crippen LogP contribution is -2.14. The average Bonchev–Trinajstić information content (AvgIpc) is 2.42. The van der Waals surface area contributed by atoms with Crippen molar-refractivity contribution in [1.29, 1.82) is 0 Å². The van der Waals surface area contributed by atoms with Crippen molar-refractivity contribution >= 4 is 10.9 Å². The maximum Gasteiger partial charge on any atom is 0.218 e. The first-order valence-corrected chi connectivity index (χ1v) is 6.18. The van der Waals surface area contributed by atoms with Gasteiger partial charge in [-0.25, -0.2) is 4.98 Å². The Hall–Kier alpha value is -1.65. The Labute approximate surface area is 107 Å². The molecule has 0 fully saturated rings. The fourth-order valence-corrected chi connectivity index (χ4v) is 1.80. The van der Waals surface area contributed by atoms with E-state index >= 15 is 0 Å². The molecule has 96 valence electrons. The maximum atomic E-state index is 8.84. The largest absolute Gasteiger partial charge is 0.475 e. The van der Waals surface area contributed by atoms with Gasteiger partial charge >= 0.3 is 0 Å². The molecule has 1 aromatic heterocycles. The lowest BCUT2D eigenvalue weighted by Gasteiger charge is -2.11. The van der Waals surface area contributed by atoms with E-state index in [-0.39, 0.29) is 13.2 Å². The zero-order valence-corrected chi connectivity index (χ0v) is 10.5. The second kappa shape index (κ2) is 6.33. The summed E-state index contributed by atoms with van der Waals surface area (Å²) in [5.41, 5.74) is 1.93. The molecule has 0 unspecified atom stereocenters. The van der Waals surface area contributed by atoms with E-state index in [0.29, 0.717) is 5.88 Å². The molecule has 1 aromatic carbocycles. The summed E-state index contributed by atoms with van der Waals surface area (Å²) in [6, 6.07) is 10.0. The fourth-order valence-electron chi connectivity index (χ4n) is 1.80. The molecule has 0 saturated carbocycles. The third-order valence-electron chi connectivity index (χ3n) is 2.66. The third kappa shape index (κ3) is 2.97. The Bertz CT molecular complexity index is 468. The van der Waals surface area contributed by atoms with Crippen LogP contribution >= 0.6 is 0 Å². The van der Waals surface area contributed by atoms with Gasteiger partial charge in [0.25, 0.3) is 0 Å². The number of aliphatic hydroxyl groups is 1. The summed E-state index contributed by atoms with van der Waals surface area (Å²) in [5.74, 6) is 0.601. The summed E-state index contributed by atoms with van der Waals surface area (Å²) in [7, 11) is 0. The number of ether oxygens (including phenoxy) is 1. The van der Waals surface area contributed by atoms with Crippen molar-refractivity contribution in [3.05, 3.63) is 35.9 Å². The fraction of sp³-hybridized carbons (Fsp3) is 0.357. The molecule has 0 aliphatic carbocycles. The molecule has 2 rings (SSSR count). The topological polar surface area (TPSA) is 54.4 Å². The van der Waals surface area contributed by atoms with Crippen molar-refractivity contribution < 1.29 is 9.84 Å². The minimum Gasteiger partial charge on any atom is -0.475 e. The van der Waals surface area contributed by atoms with Crippen molar-refractivity contribution in [2.24, 2.45) is 0 Å². The van der Waals surface area contributed by atoms with Gasteiger partial charge in [-0.1, -0.05) is 25.1 Å². The quantitative estimate of drug-likeness (QED) is 0.815. The van der Waals surface area contributed by atoms with Crippen LogP contribution in [0.5, 0.6) is 5.88 Å². The molecule has 2 aromatic rings. The van der Waals surface area contributed by atoms with E-state index in [0.717, 1.165) is 29.6 Å². The van der Waals surface area contributed by atoms with Crippen molar-refractivity contribution in [3.8, 4) is 5.88 Å². The maximum absolute atomic E-state index is 8.84. The summed E-state index contributed by atoms with van der Waals surface area (Å²) in [4.78, 5) is 4.49. The van der Waals surface area contributed by atoms with Gasteiger partial charge in [0.05, 0.1) is 12.1 Å². The first kappa shape index (κ1) is 12.8. The second-order valence-electron chi connectivity index (χ2n) is 4.00. The van der Waals surface area contributed by atoms with Gasteiger partial charge in [-0.3, -0.25) is 0 Å². The van der Waals surface area contributed by atoms with Crippen LogP contribution in [0.3, 0.4) is 0 Å². The minimum atomic E-state index is -0.00481. The normalized spacial score (nSPS) is 10.8. The molecule has 0 aliphatic rings. The minimum absolute atomic E-state index is 0.00481. The zero-order chi connectivity index (χ0) is 12.8. The number of fused-ring (bicyclic) bond motifs is 1. The number of para-hydroxylation sites is 1. The number of pyridine rings is 1. The molecule has 4 nitrogen and oxygen atoms in total. The number of rotatable bonds is 6. The van der Waals surface area contributed by atoms with Crippen LogP contribution in [-0.2, 0) is 6.54 Å². The summed E-state index contributed by atoms with van der Waals surface area (Å²) in [6.45, 7) is 3.93. The third-order valence-corrected chi connectivity index (χ3v) is 2.66. The summed E-state index contributed by atoms with van der Waals surface area (Å²) < 4.78 is 5.49. The second-order valence-corrected chi connectivity index (χ2v) is 4.00. The molecule has 0 radical (unpaired) electrons. The highest BCUT2D eigenvalue weighted by Gasteiger charge is 2.07. The number of nitrogens with zero attached hydrogens (tertiary/aromatic N) is 1. The number of aromatic nitrogens is 1. The van der Waals surface area contributed by atoms with E-state index in [1.807, 2.05) is 24.3 Å². The highest BCUT2D eigenvalue weighted by molar-refractivity contribution is 5.80. The standard InChI is InChI=1S/C14H18N2O2/c1-2-15-10-12-9-11-5-3-4-6-13(11)16-14(12)18-8-7-17/h3-6,9,15,17H,2,7-8,10H2,1H3. The van der Waals surface area contributed by atoms with E-state index in [4.69, 9.17) is 9.84 Å². The lowest BCUT2D eigenvalue weighted by atomic mass is 10.1. The Balaban J connectivity index is 2.35. The van der Waals surface area contributed by atoms with Crippen LogP contribution in [0.2, 0.25) is 0 Å². The lowest BCUT2D eigenvalue weighted by molar-refractivity contribution is 0.195. The van der Waals surface area contributed by atoms with Gasteiger partial charge in [-0.05, 0) is 18.7 Å². The Kier molecular flexibility index (Phi) is 4.50. The molecule has 0 aliphatic heterocycles. The van der Waals surface area contributed by atoms with E-state index in [1.165, 1.54) is 0 Å². The van der Waals surface area contributed by atoms with Gasteiger partial charge < -0.3 is 15.2 Å². The predicted octanol–water partition coefficient (Wildman–Crippen LogP) is 1.72. The molecule has 1 heterocycles. The van der Waals surface area contributed by atoms with Gasteiger partial charge in [0.1, 0.15) is 6.61 Å². The Morgan fingerprint density at radius 1 is 1.33 bits per heavy atom. The van der Waals surface area contributed by atoms with E-state index in [2.05, 4.69) is 23.3 Å². The van der Waals surface area contributed by atoms with Gasteiger partial charge in [0, 0.05) is 17.5 Å². The number of benzene rings is 1. The molecule has 0 amide bonds. The van der Waals surface area contributed by atoms with Gasteiger partial charge in [-0.15, -0.1) is 0 Å². The summed E-state index contributed by atoms with van der Waals surface area (Å²) in [6.07, 6.45) is 0. The van der Waals surface area contributed by atoms with Gasteiger partial charge in [0.15, 0.2) is 0 Å². The predicted molar refractivity (Wildman–Crippen MR) is 71.7 cm³/mol. The van der Waals surface area contributed by atoms with Gasteiger partial charge in [0.2, 0.25) is 5.88 Å². The van der Waals surface area contributed by atoms with Crippen LogP contribution in [0.1, 0.15) is 12.5 Å². The van der Waals surface area contributed by atoms with Crippen LogP contribution in [0.25, 0.3) is 10.9 Å². The van der Waals surface area contributed by atoms with Crippen molar-refractivity contribution in [2.75, 3.05) is 19.8 Å². The molecule has 0 saturated heterocycles. The number of hydrogen-bond acceptors (Lipinski definition) is 4. The monoisotopic (exact) mass is 246 g/mol. The van der Waals surface area contributed by atoms with Crippen molar-refractivity contribution in [3.63, 3.8) is 0 Å². The molecule has 0 atom stereocenters. The number of aliphatic hydroxyl groups excluding tert-OH is 1. The molecular weight excluding hydrogens is 228 g/mol. The van der Waals surface area contributed by atoms with Gasteiger partial charge in [-0.2, -0.15) is 0 Å². The van der Waals surface area contributed by atoms with Crippen molar-refractivity contribution in [1.82, 2.24) is 10.3 Å². The van der Waals surface area contributed by atoms with E-state index in [1.54, 1.807) is 0 Å². The molecule has 0 spiro atoms. The molecule has 18 heavy (non-hydrogen) atoms. The van der Waals surface area contributed by atoms with Crippen LogP contribution in [0.4, 0.5) is 0 Å². The Morgan fingerprint density at radius 3 is 2.94 bits per heavy atom. The van der Waals surface area contributed by atoms with Crippen LogP contribution in [0.15, 0.2) is 30.3 Å². The zero-order valence-electron chi connectivity index (χ0n) is 10.5. The SMILES string of the molecule is CCNCc1cc2ccccc2nc1OCCO. The van der Waals surface area contributed by atoms with Crippen molar-refractivity contribution in [2.45, 2.75) is 13.5 Å². The molecule has 4 heteroatoms. The highest BCUT2D eigenvalue weighted by Crippen LogP contribution is 2.22. The highest BCUT2D eigenvalue weighted by atomic mass is 16.5. The molecule has 2 N–H and O–H groups in total. The van der Waals surface area contributed by atoms with E-state index < -0.39 is 0 Å². The smallest absolute Gasteiger partial charge is 0.218 e. The Morgan fingerprint density at radius 2 is 2.17 bits per heavy atom. The van der Waals surface area contributed by atoms with Crippen LogP contribution in [0, 0.1) is 0 Å². The summed E-state index contributed by atoms with van der Waals surface area (Å²) in [5, 5.41) is 13.2.